The van der Waals surface area contributed by atoms with Crippen LogP contribution in [-0.4, -0.2) is 20.0 Å². The van der Waals surface area contributed by atoms with Gasteiger partial charge in [0.15, 0.2) is 5.01 Å². The van der Waals surface area contributed by atoms with Gasteiger partial charge in [0.2, 0.25) is 5.13 Å². The fraction of sp³-hybridized carbons (Fsp3) is 0.375. The first-order valence-corrected chi connectivity index (χ1v) is 5.14. The van der Waals surface area contributed by atoms with Crippen LogP contribution < -0.4 is 5.73 Å². The SMILES string of the molecule is CCc1nn(C)cc1-c1nnc(N)s1. The lowest BCUT2D eigenvalue weighted by molar-refractivity contribution is 0.746. The van der Waals surface area contributed by atoms with Crippen LogP contribution in [0.2, 0.25) is 0 Å². The molecule has 0 spiro atoms. The summed E-state index contributed by atoms with van der Waals surface area (Å²) in [5.74, 6) is 0. The quantitative estimate of drug-likeness (QED) is 0.803. The minimum Gasteiger partial charge on any atom is -0.374 e. The van der Waals surface area contributed by atoms with Crippen molar-refractivity contribution in [2.24, 2.45) is 7.05 Å². The number of nitrogens with zero attached hydrogens (tertiary/aromatic N) is 4. The van der Waals surface area contributed by atoms with Crippen LogP contribution in [0.25, 0.3) is 10.6 Å². The van der Waals surface area contributed by atoms with Crippen molar-refractivity contribution in [1.82, 2.24) is 20.0 Å². The number of nitrogen functional groups attached to an aromatic ring is 1. The Balaban J connectivity index is 2.49. The molecule has 2 heterocycles. The number of rotatable bonds is 2. The van der Waals surface area contributed by atoms with Crippen molar-refractivity contribution in [3.8, 4) is 10.6 Å². The van der Waals surface area contributed by atoms with Crippen LogP contribution in [0.5, 0.6) is 0 Å². The molecule has 2 N–H and O–H groups in total. The van der Waals surface area contributed by atoms with Gasteiger partial charge in [-0.15, -0.1) is 10.2 Å². The maximum Gasteiger partial charge on any atom is 0.203 e. The van der Waals surface area contributed by atoms with Crippen molar-refractivity contribution in [3.63, 3.8) is 0 Å². The molecule has 2 aromatic heterocycles. The molecule has 0 unspecified atom stereocenters. The van der Waals surface area contributed by atoms with Gasteiger partial charge in [0.05, 0.1) is 11.3 Å². The Morgan fingerprint density at radius 2 is 2.29 bits per heavy atom. The molecule has 2 aromatic rings. The highest BCUT2D eigenvalue weighted by Crippen LogP contribution is 2.27. The van der Waals surface area contributed by atoms with Crippen molar-refractivity contribution >= 4 is 16.5 Å². The van der Waals surface area contributed by atoms with Gasteiger partial charge in [-0.05, 0) is 6.42 Å². The maximum absolute atomic E-state index is 5.53. The van der Waals surface area contributed by atoms with E-state index in [0.717, 1.165) is 22.7 Å². The van der Waals surface area contributed by atoms with Gasteiger partial charge in [0.25, 0.3) is 0 Å². The van der Waals surface area contributed by atoms with Crippen molar-refractivity contribution < 1.29 is 0 Å². The average molecular weight is 209 g/mol. The fourth-order valence-electron chi connectivity index (χ4n) is 1.32. The van der Waals surface area contributed by atoms with Gasteiger partial charge in [-0.3, -0.25) is 4.68 Å². The summed E-state index contributed by atoms with van der Waals surface area (Å²) in [7, 11) is 1.90. The van der Waals surface area contributed by atoms with Gasteiger partial charge in [-0.2, -0.15) is 5.10 Å². The minimum absolute atomic E-state index is 0.492. The Labute approximate surface area is 85.6 Å². The summed E-state index contributed by atoms with van der Waals surface area (Å²) in [6.45, 7) is 2.07. The first kappa shape index (κ1) is 9.14. The molecule has 2 rings (SSSR count). The topological polar surface area (TPSA) is 69.6 Å². The summed E-state index contributed by atoms with van der Waals surface area (Å²) in [5.41, 5.74) is 7.59. The molecule has 6 heteroatoms. The molecule has 0 aliphatic carbocycles. The number of anilines is 1. The van der Waals surface area contributed by atoms with E-state index in [2.05, 4.69) is 22.2 Å². The molecule has 0 radical (unpaired) electrons. The third-order valence-corrected chi connectivity index (χ3v) is 2.70. The molecule has 0 atom stereocenters. The summed E-state index contributed by atoms with van der Waals surface area (Å²) >= 11 is 1.39. The second-order valence-electron chi connectivity index (χ2n) is 2.96. The highest BCUT2D eigenvalue weighted by atomic mass is 32.1. The number of aromatic nitrogens is 4. The van der Waals surface area contributed by atoms with Crippen LogP contribution in [0.15, 0.2) is 6.20 Å². The van der Waals surface area contributed by atoms with Crippen LogP contribution >= 0.6 is 11.3 Å². The van der Waals surface area contributed by atoms with E-state index >= 15 is 0 Å². The van der Waals surface area contributed by atoms with Gasteiger partial charge >= 0.3 is 0 Å². The van der Waals surface area contributed by atoms with Gasteiger partial charge in [-0.25, -0.2) is 0 Å². The lowest BCUT2D eigenvalue weighted by atomic mass is 10.2. The highest BCUT2D eigenvalue weighted by Gasteiger charge is 2.12. The number of hydrogen-bond acceptors (Lipinski definition) is 5. The second kappa shape index (κ2) is 3.38. The summed E-state index contributed by atoms with van der Waals surface area (Å²) in [6, 6.07) is 0. The normalized spacial score (nSPS) is 10.7. The van der Waals surface area contributed by atoms with E-state index in [1.807, 2.05) is 13.2 Å². The predicted molar refractivity (Wildman–Crippen MR) is 55.9 cm³/mol. The zero-order valence-electron chi connectivity index (χ0n) is 8.06. The third kappa shape index (κ3) is 1.48. The Morgan fingerprint density at radius 1 is 1.50 bits per heavy atom. The zero-order valence-corrected chi connectivity index (χ0v) is 8.88. The van der Waals surface area contributed by atoms with Gasteiger partial charge in [-0.1, -0.05) is 18.3 Å². The molecule has 0 saturated heterocycles. The Hall–Kier alpha value is -1.43. The highest BCUT2D eigenvalue weighted by molar-refractivity contribution is 7.18. The smallest absolute Gasteiger partial charge is 0.203 e. The molecule has 0 aromatic carbocycles. The van der Waals surface area contributed by atoms with Crippen LogP contribution in [0.3, 0.4) is 0 Å². The Kier molecular flexibility index (Phi) is 2.20. The summed E-state index contributed by atoms with van der Waals surface area (Å²) in [6.07, 6.45) is 2.83. The molecular formula is C8H11N5S. The summed E-state index contributed by atoms with van der Waals surface area (Å²) in [4.78, 5) is 0. The largest absolute Gasteiger partial charge is 0.374 e. The monoisotopic (exact) mass is 209 g/mol. The standard InChI is InChI=1S/C8H11N5S/c1-3-6-5(4-13(2)12-6)7-10-11-8(9)14-7/h4H,3H2,1-2H3,(H2,9,11). The van der Waals surface area contributed by atoms with E-state index in [4.69, 9.17) is 5.73 Å². The Morgan fingerprint density at radius 3 is 2.86 bits per heavy atom. The predicted octanol–water partition coefficient (Wildman–Crippen LogP) is 1.08. The van der Waals surface area contributed by atoms with E-state index in [1.165, 1.54) is 11.3 Å². The molecule has 74 valence electrons. The first-order valence-electron chi connectivity index (χ1n) is 4.32. The molecule has 0 aliphatic heterocycles. The molecule has 0 saturated carbocycles. The third-order valence-electron chi connectivity index (χ3n) is 1.91. The van der Waals surface area contributed by atoms with Gasteiger partial charge in [0, 0.05) is 13.2 Å². The minimum atomic E-state index is 0.492. The number of aryl methyl sites for hydroxylation is 2. The number of hydrogen-bond donors (Lipinski definition) is 1. The van der Waals surface area contributed by atoms with E-state index in [0.29, 0.717) is 5.13 Å². The van der Waals surface area contributed by atoms with Crippen molar-refractivity contribution in [3.05, 3.63) is 11.9 Å². The van der Waals surface area contributed by atoms with E-state index in [1.54, 1.807) is 4.68 Å². The molecule has 5 nitrogen and oxygen atoms in total. The molecule has 0 aliphatic rings. The fourth-order valence-corrected chi connectivity index (χ4v) is 1.96. The van der Waals surface area contributed by atoms with Crippen LogP contribution in [0, 0.1) is 0 Å². The van der Waals surface area contributed by atoms with E-state index in [-0.39, 0.29) is 0 Å². The van der Waals surface area contributed by atoms with Gasteiger partial charge < -0.3 is 5.73 Å². The van der Waals surface area contributed by atoms with Crippen LogP contribution in [0.4, 0.5) is 5.13 Å². The van der Waals surface area contributed by atoms with Crippen LogP contribution in [-0.2, 0) is 13.5 Å². The number of nitrogens with two attached hydrogens (primary N) is 1. The lowest BCUT2D eigenvalue weighted by Crippen LogP contribution is -1.89. The van der Waals surface area contributed by atoms with E-state index < -0.39 is 0 Å². The molecule has 14 heavy (non-hydrogen) atoms. The molecular weight excluding hydrogens is 198 g/mol. The van der Waals surface area contributed by atoms with Gasteiger partial charge in [0.1, 0.15) is 0 Å². The Bertz CT molecular complexity index is 444. The molecule has 0 fully saturated rings. The van der Waals surface area contributed by atoms with Crippen molar-refractivity contribution in [2.75, 3.05) is 5.73 Å². The molecule has 0 bridgehead atoms. The first-order chi connectivity index (χ1) is 6.70. The lowest BCUT2D eigenvalue weighted by Gasteiger charge is -1.91. The summed E-state index contributed by atoms with van der Waals surface area (Å²) in [5, 5.41) is 13.4. The average Bonchev–Trinajstić information content (AvgIpc) is 2.71. The van der Waals surface area contributed by atoms with E-state index in [9.17, 15) is 0 Å². The van der Waals surface area contributed by atoms with Crippen LogP contribution in [0.1, 0.15) is 12.6 Å². The van der Waals surface area contributed by atoms with Crippen molar-refractivity contribution in [1.29, 1.82) is 0 Å². The zero-order chi connectivity index (χ0) is 10.1. The second-order valence-corrected chi connectivity index (χ2v) is 3.97. The molecule has 0 amide bonds. The summed E-state index contributed by atoms with van der Waals surface area (Å²) < 4.78 is 1.78. The van der Waals surface area contributed by atoms with Crippen molar-refractivity contribution in [2.45, 2.75) is 13.3 Å². The maximum atomic E-state index is 5.53.